The summed E-state index contributed by atoms with van der Waals surface area (Å²) in [6.07, 6.45) is 0. The van der Waals surface area contributed by atoms with Crippen LogP contribution in [0.4, 0.5) is 0 Å². The molecule has 1 amide bonds. The van der Waals surface area contributed by atoms with Crippen LogP contribution in [0, 0.1) is 11.3 Å². The van der Waals surface area contributed by atoms with Crippen LogP contribution in [0.1, 0.15) is 24.1 Å². The molecule has 4 nitrogen and oxygen atoms in total. The molecule has 25 heavy (non-hydrogen) atoms. The minimum atomic E-state index is -0.206. The zero-order chi connectivity index (χ0) is 17.6. The Labute approximate surface area is 146 Å². The summed E-state index contributed by atoms with van der Waals surface area (Å²) >= 11 is 0. The third-order valence-electron chi connectivity index (χ3n) is 4.00. The fourth-order valence-electron chi connectivity index (χ4n) is 2.79. The van der Waals surface area contributed by atoms with E-state index in [1.165, 1.54) is 0 Å². The molecule has 0 saturated heterocycles. The van der Waals surface area contributed by atoms with E-state index in [0.29, 0.717) is 11.3 Å². The van der Waals surface area contributed by atoms with Crippen LogP contribution < -0.4 is 10.1 Å². The van der Waals surface area contributed by atoms with Crippen molar-refractivity contribution in [3.8, 4) is 11.8 Å². The zero-order valence-corrected chi connectivity index (χ0v) is 13.9. The molecule has 3 aromatic rings. The highest BCUT2D eigenvalue weighted by Gasteiger charge is 2.12. The third kappa shape index (κ3) is 3.96. The Morgan fingerprint density at radius 3 is 2.72 bits per heavy atom. The van der Waals surface area contributed by atoms with E-state index in [1.807, 2.05) is 37.3 Å². The maximum Gasteiger partial charge on any atom is 0.258 e. The van der Waals surface area contributed by atoms with Crippen molar-refractivity contribution in [3.63, 3.8) is 0 Å². The van der Waals surface area contributed by atoms with Gasteiger partial charge in [-0.15, -0.1) is 0 Å². The van der Waals surface area contributed by atoms with Crippen LogP contribution in [-0.4, -0.2) is 12.5 Å². The molecule has 0 spiro atoms. The van der Waals surface area contributed by atoms with Crippen molar-refractivity contribution in [1.82, 2.24) is 5.32 Å². The van der Waals surface area contributed by atoms with Gasteiger partial charge in [-0.25, -0.2) is 0 Å². The van der Waals surface area contributed by atoms with Gasteiger partial charge in [0.2, 0.25) is 0 Å². The monoisotopic (exact) mass is 330 g/mol. The quantitative estimate of drug-likeness (QED) is 0.770. The highest BCUT2D eigenvalue weighted by atomic mass is 16.5. The lowest BCUT2D eigenvalue weighted by Gasteiger charge is -2.17. The van der Waals surface area contributed by atoms with Gasteiger partial charge in [0.05, 0.1) is 17.7 Å². The van der Waals surface area contributed by atoms with Gasteiger partial charge in [-0.2, -0.15) is 5.26 Å². The van der Waals surface area contributed by atoms with E-state index in [2.05, 4.69) is 23.5 Å². The summed E-state index contributed by atoms with van der Waals surface area (Å²) in [7, 11) is 0. The first-order valence-electron chi connectivity index (χ1n) is 8.07. The molecule has 0 saturated carbocycles. The Balaban J connectivity index is 1.65. The summed E-state index contributed by atoms with van der Waals surface area (Å²) < 4.78 is 5.47. The average Bonchev–Trinajstić information content (AvgIpc) is 2.66. The smallest absolute Gasteiger partial charge is 0.258 e. The van der Waals surface area contributed by atoms with Gasteiger partial charge in [-0.1, -0.05) is 48.5 Å². The molecule has 0 aliphatic heterocycles. The van der Waals surface area contributed by atoms with E-state index in [1.54, 1.807) is 24.3 Å². The minimum absolute atomic E-state index is 0.0933. The standard InChI is InChI=1S/C21H18N2O2/c1-15(19-11-5-8-17-7-2-3-10-20(17)19)23-21(24)14-25-18-9-4-6-16(12-18)13-22/h2-12,15H,14H2,1H3,(H,23,24). The van der Waals surface area contributed by atoms with Gasteiger partial charge in [0, 0.05) is 0 Å². The lowest BCUT2D eigenvalue weighted by atomic mass is 10.00. The molecular formula is C21H18N2O2. The molecule has 0 aromatic heterocycles. The Hall–Kier alpha value is -3.32. The van der Waals surface area contributed by atoms with Crippen molar-refractivity contribution in [2.24, 2.45) is 0 Å². The molecule has 0 bridgehead atoms. The average molecular weight is 330 g/mol. The molecular weight excluding hydrogens is 312 g/mol. The number of nitrogens with zero attached hydrogens (tertiary/aromatic N) is 1. The normalized spacial score (nSPS) is 11.5. The summed E-state index contributed by atoms with van der Waals surface area (Å²) in [4.78, 5) is 12.2. The molecule has 3 rings (SSSR count). The summed E-state index contributed by atoms with van der Waals surface area (Å²) in [6.45, 7) is 1.86. The number of amides is 1. The fourth-order valence-corrected chi connectivity index (χ4v) is 2.79. The molecule has 1 atom stereocenters. The van der Waals surface area contributed by atoms with Crippen LogP contribution in [0.5, 0.6) is 5.75 Å². The van der Waals surface area contributed by atoms with E-state index in [0.717, 1.165) is 16.3 Å². The predicted octanol–water partition coefficient (Wildman–Crippen LogP) is 3.97. The van der Waals surface area contributed by atoms with E-state index in [4.69, 9.17) is 10.00 Å². The Morgan fingerprint density at radius 1 is 1.12 bits per heavy atom. The number of rotatable bonds is 5. The van der Waals surface area contributed by atoms with Crippen molar-refractivity contribution < 1.29 is 9.53 Å². The van der Waals surface area contributed by atoms with Crippen molar-refractivity contribution >= 4 is 16.7 Å². The van der Waals surface area contributed by atoms with E-state index >= 15 is 0 Å². The van der Waals surface area contributed by atoms with E-state index in [-0.39, 0.29) is 18.6 Å². The van der Waals surface area contributed by atoms with Crippen LogP contribution in [0.25, 0.3) is 10.8 Å². The number of ether oxygens (including phenoxy) is 1. The summed E-state index contributed by atoms with van der Waals surface area (Å²) in [5.41, 5.74) is 1.57. The van der Waals surface area contributed by atoms with Gasteiger partial charge in [-0.3, -0.25) is 4.79 Å². The molecule has 3 aromatic carbocycles. The number of hydrogen-bond donors (Lipinski definition) is 1. The van der Waals surface area contributed by atoms with Crippen LogP contribution in [0.3, 0.4) is 0 Å². The SMILES string of the molecule is CC(NC(=O)COc1cccc(C#N)c1)c1cccc2ccccc12. The molecule has 0 radical (unpaired) electrons. The summed E-state index contributed by atoms with van der Waals surface area (Å²) in [5, 5.41) is 14.1. The van der Waals surface area contributed by atoms with Crippen molar-refractivity contribution in [2.45, 2.75) is 13.0 Å². The number of carbonyl (C=O) groups excluding carboxylic acids is 1. The Kier molecular flexibility index (Phi) is 4.96. The van der Waals surface area contributed by atoms with Crippen molar-refractivity contribution in [1.29, 1.82) is 5.26 Å². The minimum Gasteiger partial charge on any atom is -0.484 e. The first kappa shape index (κ1) is 16.5. The first-order valence-corrected chi connectivity index (χ1v) is 8.07. The summed E-state index contributed by atoms with van der Waals surface area (Å²) in [6, 6.07) is 22.8. The Morgan fingerprint density at radius 2 is 1.88 bits per heavy atom. The number of fused-ring (bicyclic) bond motifs is 1. The molecule has 124 valence electrons. The van der Waals surface area contributed by atoms with Gasteiger partial charge in [0.1, 0.15) is 5.75 Å². The zero-order valence-electron chi connectivity index (χ0n) is 13.9. The third-order valence-corrected chi connectivity index (χ3v) is 4.00. The van der Waals surface area contributed by atoms with Gasteiger partial charge in [0.15, 0.2) is 6.61 Å². The number of benzene rings is 3. The van der Waals surface area contributed by atoms with Crippen LogP contribution >= 0.6 is 0 Å². The highest BCUT2D eigenvalue weighted by Crippen LogP contribution is 2.24. The Bertz CT molecular complexity index is 939. The van der Waals surface area contributed by atoms with Crippen LogP contribution in [0.2, 0.25) is 0 Å². The second-order valence-corrected chi connectivity index (χ2v) is 5.79. The van der Waals surface area contributed by atoms with Crippen LogP contribution in [-0.2, 0) is 4.79 Å². The van der Waals surface area contributed by atoms with Gasteiger partial charge in [0.25, 0.3) is 5.91 Å². The fraction of sp³-hybridized carbons (Fsp3) is 0.143. The molecule has 1 unspecified atom stereocenters. The van der Waals surface area contributed by atoms with Crippen molar-refractivity contribution in [3.05, 3.63) is 77.9 Å². The molecule has 1 N–H and O–H groups in total. The number of carbonyl (C=O) groups is 1. The van der Waals surface area contributed by atoms with E-state index < -0.39 is 0 Å². The topological polar surface area (TPSA) is 62.1 Å². The predicted molar refractivity (Wildman–Crippen MR) is 97.2 cm³/mol. The molecule has 0 aliphatic rings. The van der Waals surface area contributed by atoms with Crippen LogP contribution in [0.15, 0.2) is 66.7 Å². The van der Waals surface area contributed by atoms with Crippen molar-refractivity contribution in [2.75, 3.05) is 6.61 Å². The maximum atomic E-state index is 12.2. The molecule has 0 fully saturated rings. The number of nitrogens with one attached hydrogen (secondary N) is 1. The number of hydrogen-bond acceptors (Lipinski definition) is 3. The lowest BCUT2D eigenvalue weighted by Crippen LogP contribution is -2.31. The second kappa shape index (κ2) is 7.50. The summed E-state index contributed by atoms with van der Waals surface area (Å²) in [5.74, 6) is 0.301. The maximum absolute atomic E-state index is 12.2. The molecule has 0 aliphatic carbocycles. The number of nitriles is 1. The van der Waals surface area contributed by atoms with Gasteiger partial charge in [-0.05, 0) is 41.5 Å². The van der Waals surface area contributed by atoms with Gasteiger partial charge >= 0.3 is 0 Å². The molecule has 0 heterocycles. The largest absolute Gasteiger partial charge is 0.484 e. The highest BCUT2D eigenvalue weighted by molar-refractivity contribution is 5.87. The first-order chi connectivity index (χ1) is 12.2. The second-order valence-electron chi connectivity index (χ2n) is 5.79. The van der Waals surface area contributed by atoms with E-state index in [9.17, 15) is 4.79 Å². The molecule has 4 heteroatoms. The van der Waals surface area contributed by atoms with Gasteiger partial charge < -0.3 is 10.1 Å². The lowest BCUT2D eigenvalue weighted by molar-refractivity contribution is -0.123.